The van der Waals surface area contributed by atoms with E-state index in [2.05, 4.69) is 14.9 Å². The summed E-state index contributed by atoms with van der Waals surface area (Å²) in [5.41, 5.74) is 1.80. The lowest BCUT2D eigenvalue weighted by atomic mass is 10.2. The first kappa shape index (κ1) is 18.9. The van der Waals surface area contributed by atoms with Gasteiger partial charge in [-0.2, -0.15) is 0 Å². The Morgan fingerprint density at radius 2 is 1.81 bits per heavy atom. The molecule has 3 rings (SSSR count). The van der Waals surface area contributed by atoms with Crippen molar-refractivity contribution in [2.45, 2.75) is 30.4 Å². The average Bonchev–Trinajstić information content (AvgIpc) is 3.32. The van der Waals surface area contributed by atoms with Crippen LogP contribution in [-0.2, 0) is 21.2 Å². The maximum absolute atomic E-state index is 12.2. The smallest absolute Gasteiger partial charge is 0.250 e. The predicted octanol–water partition coefficient (Wildman–Crippen LogP) is 2.83. The van der Waals surface area contributed by atoms with Gasteiger partial charge in [-0.3, -0.25) is 4.79 Å². The molecule has 8 heteroatoms. The molecular formula is C18H23N3O3S2. The van der Waals surface area contributed by atoms with E-state index in [0.29, 0.717) is 5.69 Å². The Morgan fingerprint density at radius 1 is 1.12 bits per heavy atom. The Morgan fingerprint density at radius 3 is 2.42 bits per heavy atom. The minimum absolute atomic E-state index is 0.233. The molecular weight excluding hydrogens is 370 g/mol. The van der Waals surface area contributed by atoms with Gasteiger partial charge in [-0.1, -0.05) is 6.92 Å². The quantitative estimate of drug-likeness (QED) is 0.758. The van der Waals surface area contributed by atoms with Gasteiger partial charge in [0.2, 0.25) is 5.91 Å². The minimum Gasteiger partial charge on any atom is -0.372 e. The largest absolute Gasteiger partial charge is 0.372 e. The van der Waals surface area contributed by atoms with Crippen molar-refractivity contribution in [3.63, 3.8) is 0 Å². The Labute approximate surface area is 158 Å². The molecule has 0 radical (unpaired) electrons. The lowest BCUT2D eigenvalue weighted by Crippen LogP contribution is -2.32. The molecule has 2 N–H and O–H groups in total. The van der Waals surface area contributed by atoms with E-state index in [0.717, 1.165) is 30.1 Å². The van der Waals surface area contributed by atoms with Gasteiger partial charge in [0, 0.05) is 29.3 Å². The first-order chi connectivity index (χ1) is 12.5. The van der Waals surface area contributed by atoms with Crippen LogP contribution < -0.4 is 14.9 Å². The van der Waals surface area contributed by atoms with Crippen LogP contribution in [0, 0.1) is 0 Å². The third-order valence-electron chi connectivity index (χ3n) is 4.30. The highest BCUT2D eigenvalue weighted by Crippen LogP contribution is 2.23. The standard InChI is InChI=1S/C18H23N3O3S2/c1-2-16-9-10-18(25-16)26(23,24)19-13-17(22)20-14-5-7-15(8-6-14)21-11-3-4-12-21/h5-10,19H,2-4,11-13H2,1H3,(H,20,22). The van der Waals surface area contributed by atoms with Crippen molar-refractivity contribution in [1.29, 1.82) is 0 Å². The van der Waals surface area contributed by atoms with Gasteiger partial charge < -0.3 is 10.2 Å². The van der Waals surface area contributed by atoms with Gasteiger partial charge >= 0.3 is 0 Å². The molecule has 1 aliphatic rings. The Bertz CT molecular complexity index is 854. The van der Waals surface area contributed by atoms with Crippen LogP contribution in [0.4, 0.5) is 11.4 Å². The summed E-state index contributed by atoms with van der Waals surface area (Å²) in [4.78, 5) is 15.4. The molecule has 0 unspecified atom stereocenters. The van der Waals surface area contributed by atoms with Gasteiger partial charge in [-0.15, -0.1) is 11.3 Å². The molecule has 1 aliphatic heterocycles. The van der Waals surface area contributed by atoms with Crippen LogP contribution in [0.3, 0.4) is 0 Å². The van der Waals surface area contributed by atoms with Crippen molar-refractivity contribution in [2.24, 2.45) is 0 Å². The van der Waals surface area contributed by atoms with E-state index in [4.69, 9.17) is 0 Å². The molecule has 1 aromatic heterocycles. The molecule has 26 heavy (non-hydrogen) atoms. The normalized spacial score (nSPS) is 14.6. The van der Waals surface area contributed by atoms with Crippen LogP contribution >= 0.6 is 11.3 Å². The SMILES string of the molecule is CCc1ccc(S(=O)(=O)NCC(=O)Nc2ccc(N3CCCC3)cc2)s1. The van der Waals surface area contributed by atoms with Crippen molar-refractivity contribution in [3.05, 3.63) is 41.3 Å². The molecule has 0 bridgehead atoms. The number of hydrogen-bond acceptors (Lipinski definition) is 5. The maximum Gasteiger partial charge on any atom is 0.250 e. The van der Waals surface area contributed by atoms with Gasteiger partial charge in [-0.05, 0) is 55.7 Å². The van der Waals surface area contributed by atoms with E-state index in [1.807, 2.05) is 31.2 Å². The molecule has 0 aliphatic carbocycles. The number of aryl methyl sites for hydroxylation is 1. The molecule has 1 fully saturated rings. The summed E-state index contributed by atoms with van der Waals surface area (Å²) in [5.74, 6) is -0.394. The first-order valence-corrected chi connectivity index (χ1v) is 11.0. The highest BCUT2D eigenvalue weighted by molar-refractivity contribution is 7.91. The van der Waals surface area contributed by atoms with Crippen LogP contribution in [-0.4, -0.2) is 34.0 Å². The van der Waals surface area contributed by atoms with Crippen LogP contribution in [0.1, 0.15) is 24.6 Å². The van der Waals surface area contributed by atoms with Gasteiger partial charge in [0.25, 0.3) is 10.0 Å². The molecule has 0 spiro atoms. The number of nitrogens with one attached hydrogen (secondary N) is 2. The van der Waals surface area contributed by atoms with Crippen LogP contribution in [0.15, 0.2) is 40.6 Å². The lowest BCUT2D eigenvalue weighted by Gasteiger charge is -2.17. The van der Waals surface area contributed by atoms with Crippen molar-refractivity contribution >= 4 is 38.6 Å². The number of carbonyl (C=O) groups excluding carboxylic acids is 1. The van der Waals surface area contributed by atoms with E-state index in [9.17, 15) is 13.2 Å². The highest BCUT2D eigenvalue weighted by atomic mass is 32.2. The number of rotatable bonds is 7. The van der Waals surface area contributed by atoms with Crippen molar-refractivity contribution < 1.29 is 13.2 Å². The predicted molar refractivity (Wildman–Crippen MR) is 105 cm³/mol. The van der Waals surface area contributed by atoms with Crippen molar-refractivity contribution in [2.75, 3.05) is 29.9 Å². The van der Waals surface area contributed by atoms with Crippen molar-refractivity contribution in [1.82, 2.24) is 4.72 Å². The molecule has 0 atom stereocenters. The van der Waals surface area contributed by atoms with Gasteiger partial charge in [0.15, 0.2) is 0 Å². The molecule has 1 amide bonds. The second-order valence-corrected chi connectivity index (χ2v) is 9.35. The number of thiophene rings is 1. The summed E-state index contributed by atoms with van der Waals surface area (Å²) in [6.45, 7) is 3.81. The van der Waals surface area contributed by atoms with E-state index in [1.165, 1.54) is 24.2 Å². The summed E-state index contributed by atoms with van der Waals surface area (Å²) >= 11 is 1.22. The fourth-order valence-electron chi connectivity index (χ4n) is 2.86. The fraction of sp³-hybridized carbons (Fsp3) is 0.389. The number of sulfonamides is 1. The highest BCUT2D eigenvalue weighted by Gasteiger charge is 2.18. The average molecular weight is 394 g/mol. The zero-order valence-electron chi connectivity index (χ0n) is 14.7. The molecule has 2 aromatic rings. The lowest BCUT2D eigenvalue weighted by molar-refractivity contribution is -0.115. The molecule has 0 saturated carbocycles. The van der Waals surface area contributed by atoms with Gasteiger partial charge in [0.1, 0.15) is 4.21 Å². The zero-order chi connectivity index (χ0) is 18.6. The van der Waals surface area contributed by atoms with Crippen LogP contribution in [0.5, 0.6) is 0 Å². The number of amides is 1. The second-order valence-electron chi connectivity index (χ2n) is 6.19. The second kappa shape index (κ2) is 8.20. The van der Waals surface area contributed by atoms with Crippen molar-refractivity contribution in [3.8, 4) is 0 Å². The minimum atomic E-state index is -3.65. The summed E-state index contributed by atoms with van der Waals surface area (Å²) in [5, 5.41) is 2.72. The van der Waals surface area contributed by atoms with E-state index in [1.54, 1.807) is 12.1 Å². The number of hydrogen-bond donors (Lipinski definition) is 2. The molecule has 1 saturated heterocycles. The Kier molecular flexibility index (Phi) is 5.95. The van der Waals surface area contributed by atoms with E-state index in [-0.39, 0.29) is 10.8 Å². The third kappa shape index (κ3) is 4.63. The van der Waals surface area contributed by atoms with Gasteiger partial charge in [-0.25, -0.2) is 13.1 Å². The third-order valence-corrected chi connectivity index (χ3v) is 7.42. The fourth-order valence-corrected chi connectivity index (χ4v) is 5.18. The first-order valence-electron chi connectivity index (χ1n) is 8.71. The number of anilines is 2. The molecule has 140 valence electrons. The number of benzene rings is 1. The molecule has 2 heterocycles. The summed E-state index contributed by atoms with van der Waals surface area (Å²) in [6.07, 6.45) is 3.21. The monoisotopic (exact) mass is 393 g/mol. The Hall–Kier alpha value is -1.90. The molecule has 6 nitrogen and oxygen atoms in total. The zero-order valence-corrected chi connectivity index (χ0v) is 16.3. The number of nitrogens with zero attached hydrogens (tertiary/aromatic N) is 1. The van der Waals surface area contributed by atoms with Gasteiger partial charge in [0.05, 0.1) is 6.54 Å². The topological polar surface area (TPSA) is 78.5 Å². The summed E-state index contributed by atoms with van der Waals surface area (Å²) < 4.78 is 27.0. The molecule has 1 aromatic carbocycles. The summed E-state index contributed by atoms with van der Waals surface area (Å²) in [6, 6.07) is 11.0. The number of carbonyl (C=O) groups is 1. The Balaban J connectivity index is 1.53. The van der Waals surface area contributed by atoms with Crippen LogP contribution in [0.25, 0.3) is 0 Å². The van der Waals surface area contributed by atoms with E-state index >= 15 is 0 Å². The van der Waals surface area contributed by atoms with E-state index < -0.39 is 15.9 Å². The summed E-state index contributed by atoms with van der Waals surface area (Å²) in [7, 11) is -3.65. The van der Waals surface area contributed by atoms with Crippen LogP contribution in [0.2, 0.25) is 0 Å². The maximum atomic E-state index is 12.2.